The summed E-state index contributed by atoms with van der Waals surface area (Å²) in [6.45, 7) is 0. The highest BCUT2D eigenvalue weighted by atomic mass is 35.5. The lowest BCUT2D eigenvalue weighted by Crippen LogP contribution is -2.13. The highest BCUT2D eigenvalue weighted by molar-refractivity contribution is 6.43. The molecule has 3 nitrogen and oxygen atoms in total. The minimum atomic E-state index is -2.83. The van der Waals surface area contributed by atoms with E-state index in [1.54, 1.807) is 0 Å². The van der Waals surface area contributed by atoms with Gasteiger partial charge >= 0.3 is 0 Å². The van der Waals surface area contributed by atoms with Gasteiger partial charge < -0.3 is 5.73 Å². The largest absolute Gasteiger partial charge is 0.366 e. The Labute approximate surface area is 87.8 Å². The van der Waals surface area contributed by atoms with Gasteiger partial charge in [0, 0.05) is 0 Å². The summed E-state index contributed by atoms with van der Waals surface area (Å²) >= 11 is 10.9. The van der Waals surface area contributed by atoms with E-state index in [2.05, 4.69) is 4.98 Å². The minimum absolute atomic E-state index is 0.219. The summed E-state index contributed by atoms with van der Waals surface area (Å²) in [5, 5.41) is -0.582. The van der Waals surface area contributed by atoms with E-state index in [0.29, 0.717) is 0 Å². The van der Waals surface area contributed by atoms with Crippen molar-refractivity contribution >= 4 is 29.1 Å². The average Bonchev–Trinajstić information content (AvgIpc) is 2.08. The van der Waals surface area contributed by atoms with E-state index in [-0.39, 0.29) is 15.7 Å². The van der Waals surface area contributed by atoms with Crippen LogP contribution in [-0.2, 0) is 0 Å². The molecule has 0 aliphatic carbocycles. The summed E-state index contributed by atoms with van der Waals surface area (Å²) in [5.41, 5.74) is 4.00. The highest BCUT2D eigenvalue weighted by Crippen LogP contribution is 2.28. The van der Waals surface area contributed by atoms with Gasteiger partial charge in [0.2, 0.25) is 5.91 Å². The number of pyridine rings is 1. The van der Waals surface area contributed by atoms with Gasteiger partial charge in [0.25, 0.3) is 6.43 Å². The third-order valence-electron chi connectivity index (χ3n) is 1.43. The zero-order valence-corrected chi connectivity index (χ0v) is 8.11. The van der Waals surface area contributed by atoms with Gasteiger partial charge in [-0.15, -0.1) is 0 Å². The Bertz CT molecular complexity index is 384. The van der Waals surface area contributed by atoms with Crippen LogP contribution in [0.4, 0.5) is 8.78 Å². The third kappa shape index (κ3) is 2.10. The number of amides is 1. The Kier molecular flexibility index (Phi) is 3.23. The summed E-state index contributed by atoms with van der Waals surface area (Å²) in [4.78, 5) is 14.0. The third-order valence-corrected chi connectivity index (χ3v) is 2.18. The minimum Gasteiger partial charge on any atom is -0.366 e. The molecule has 76 valence electrons. The van der Waals surface area contributed by atoms with Gasteiger partial charge in [-0.05, 0) is 6.07 Å². The molecule has 0 aliphatic heterocycles. The number of rotatable bonds is 2. The van der Waals surface area contributed by atoms with E-state index in [1.807, 2.05) is 0 Å². The van der Waals surface area contributed by atoms with Crippen LogP contribution < -0.4 is 5.73 Å². The first-order valence-corrected chi connectivity index (χ1v) is 4.13. The highest BCUT2D eigenvalue weighted by Gasteiger charge is 2.17. The normalized spacial score (nSPS) is 10.6. The number of aromatic nitrogens is 1. The van der Waals surface area contributed by atoms with Crippen molar-refractivity contribution in [2.45, 2.75) is 6.43 Å². The molecular weight excluding hydrogens is 237 g/mol. The van der Waals surface area contributed by atoms with Gasteiger partial charge in [-0.1, -0.05) is 23.2 Å². The molecule has 0 saturated carbocycles. The van der Waals surface area contributed by atoms with Crippen molar-refractivity contribution in [3.8, 4) is 0 Å². The predicted octanol–water partition coefficient (Wildman–Crippen LogP) is 2.42. The quantitative estimate of drug-likeness (QED) is 0.808. The van der Waals surface area contributed by atoms with Gasteiger partial charge in [-0.25, -0.2) is 13.8 Å². The second-order valence-electron chi connectivity index (χ2n) is 2.36. The van der Waals surface area contributed by atoms with Crippen LogP contribution in [0.15, 0.2) is 6.07 Å². The van der Waals surface area contributed by atoms with Crippen LogP contribution >= 0.6 is 23.2 Å². The smallest absolute Gasteiger partial charge is 0.280 e. The Morgan fingerprint density at radius 1 is 1.50 bits per heavy atom. The zero-order chi connectivity index (χ0) is 10.9. The van der Waals surface area contributed by atoms with Crippen molar-refractivity contribution in [3.63, 3.8) is 0 Å². The van der Waals surface area contributed by atoms with Gasteiger partial charge in [0.15, 0.2) is 0 Å². The van der Waals surface area contributed by atoms with Crippen molar-refractivity contribution < 1.29 is 13.6 Å². The molecule has 0 saturated heterocycles. The van der Waals surface area contributed by atoms with E-state index >= 15 is 0 Å². The van der Waals surface area contributed by atoms with Gasteiger partial charge in [0.05, 0.1) is 10.6 Å². The molecule has 1 heterocycles. The van der Waals surface area contributed by atoms with E-state index in [1.165, 1.54) is 0 Å². The van der Waals surface area contributed by atoms with Gasteiger partial charge in [-0.2, -0.15) is 0 Å². The SMILES string of the molecule is NC(=O)c1cc(C(F)F)nc(Cl)c1Cl. The number of nitrogens with two attached hydrogens (primary N) is 1. The van der Waals surface area contributed by atoms with Crippen molar-refractivity contribution in [2.24, 2.45) is 5.73 Å². The maximum absolute atomic E-state index is 12.2. The average molecular weight is 241 g/mol. The Hall–Kier alpha value is -0.940. The monoisotopic (exact) mass is 240 g/mol. The van der Waals surface area contributed by atoms with Crippen LogP contribution in [0, 0.1) is 0 Å². The fraction of sp³-hybridized carbons (Fsp3) is 0.143. The summed E-state index contributed by atoms with van der Waals surface area (Å²) in [6.07, 6.45) is -2.83. The number of alkyl halides is 2. The van der Waals surface area contributed by atoms with Crippen LogP contribution in [0.5, 0.6) is 0 Å². The number of hydrogen-bond acceptors (Lipinski definition) is 2. The lowest BCUT2D eigenvalue weighted by molar-refractivity contribution is 0.0999. The molecule has 14 heavy (non-hydrogen) atoms. The van der Waals surface area contributed by atoms with Crippen molar-refractivity contribution in [2.75, 3.05) is 0 Å². The molecule has 0 spiro atoms. The Morgan fingerprint density at radius 2 is 2.07 bits per heavy atom. The lowest BCUT2D eigenvalue weighted by atomic mass is 10.2. The molecule has 0 atom stereocenters. The number of nitrogens with zero attached hydrogens (tertiary/aromatic N) is 1. The van der Waals surface area contributed by atoms with Crippen LogP contribution in [0.25, 0.3) is 0 Å². The maximum atomic E-state index is 12.2. The standard InChI is InChI=1S/C7H4Cl2F2N2O/c8-4-2(7(12)14)1-3(6(10)11)13-5(4)9/h1,6H,(H2,12,14). The summed E-state index contributed by atoms with van der Waals surface area (Å²) in [7, 11) is 0. The number of carbonyl (C=O) groups is 1. The number of hydrogen-bond donors (Lipinski definition) is 1. The predicted molar refractivity (Wildman–Crippen MR) is 47.7 cm³/mol. The van der Waals surface area contributed by atoms with E-state index in [9.17, 15) is 13.6 Å². The topological polar surface area (TPSA) is 56.0 Å². The maximum Gasteiger partial charge on any atom is 0.280 e. The fourth-order valence-electron chi connectivity index (χ4n) is 0.808. The first kappa shape index (κ1) is 11.1. The molecule has 7 heteroatoms. The van der Waals surface area contributed by atoms with Gasteiger partial charge in [0.1, 0.15) is 10.8 Å². The number of carbonyl (C=O) groups excluding carboxylic acids is 1. The second kappa shape index (κ2) is 4.06. The van der Waals surface area contributed by atoms with Crippen LogP contribution in [0.2, 0.25) is 10.2 Å². The van der Waals surface area contributed by atoms with Crippen molar-refractivity contribution in [1.82, 2.24) is 4.98 Å². The molecule has 2 N–H and O–H groups in total. The molecule has 0 unspecified atom stereocenters. The molecule has 0 radical (unpaired) electrons. The lowest BCUT2D eigenvalue weighted by Gasteiger charge is -2.04. The summed E-state index contributed by atoms with van der Waals surface area (Å²) in [5.74, 6) is -0.929. The Balaban J connectivity index is 3.35. The second-order valence-corrected chi connectivity index (χ2v) is 3.10. The van der Waals surface area contributed by atoms with Crippen LogP contribution in [0.1, 0.15) is 22.5 Å². The van der Waals surface area contributed by atoms with E-state index in [4.69, 9.17) is 28.9 Å². The van der Waals surface area contributed by atoms with Crippen molar-refractivity contribution in [1.29, 1.82) is 0 Å². The molecule has 1 aromatic heterocycles. The molecule has 1 amide bonds. The van der Waals surface area contributed by atoms with Crippen molar-refractivity contribution in [3.05, 3.63) is 27.5 Å². The number of primary amides is 1. The molecular formula is C7H4Cl2F2N2O. The summed E-state index contributed by atoms with van der Waals surface area (Å²) < 4.78 is 24.4. The number of halogens is 4. The van der Waals surface area contributed by atoms with Crippen LogP contribution in [-0.4, -0.2) is 10.9 Å². The van der Waals surface area contributed by atoms with E-state index < -0.39 is 18.0 Å². The van der Waals surface area contributed by atoms with Gasteiger partial charge in [-0.3, -0.25) is 4.79 Å². The molecule has 1 rings (SSSR count). The summed E-state index contributed by atoms with van der Waals surface area (Å²) in [6, 6.07) is 0.821. The molecule has 0 aliphatic rings. The zero-order valence-electron chi connectivity index (χ0n) is 6.60. The first-order valence-electron chi connectivity index (χ1n) is 3.37. The Morgan fingerprint density at radius 3 is 2.50 bits per heavy atom. The van der Waals surface area contributed by atoms with E-state index in [0.717, 1.165) is 6.07 Å². The molecule has 1 aromatic rings. The molecule has 0 fully saturated rings. The first-order chi connectivity index (χ1) is 6.43. The van der Waals surface area contributed by atoms with Crippen LogP contribution in [0.3, 0.4) is 0 Å². The fourth-order valence-corrected chi connectivity index (χ4v) is 1.20. The molecule has 0 bridgehead atoms. The molecule has 0 aromatic carbocycles.